The van der Waals surface area contributed by atoms with Crippen LogP contribution in [0.4, 0.5) is 0 Å². The Kier molecular flexibility index (Phi) is 4.25. The lowest BCUT2D eigenvalue weighted by molar-refractivity contribution is 0.403. The van der Waals surface area contributed by atoms with Gasteiger partial charge in [0.1, 0.15) is 5.75 Å². The maximum atomic E-state index is 6.23. The minimum atomic E-state index is 0.00163. The molecule has 0 bridgehead atoms. The molecule has 1 aliphatic carbocycles. The van der Waals surface area contributed by atoms with Crippen LogP contribution in [0.15, 0.2) is 18.2 Å². The molecule has 0 aromatic heterocycles. The van der Waals surface area contributed by atoms with Crippen molar-refractivity contribution < 1.29 is 4.74 Å². The third-order valence-electron chi connectivity index (χ3n) is 3.53. The standard InChI is InChI=1S/C15H24N2O/c1-10(2)11-4-7-13(15(8-11)18-3)14(16)9-17-12-5-6-12/h4,7-8,10,12,14,17H,5-6,9,16H2,1-3H3. The topological polar surface area (TPSA) is 47.3 Å². The van der Waals surface area contributed by atoms with Gasteiger partial charge in [-0.2, -0.15) is 0 Å². The number of nitrogens with two attached hydrogens (primary N) is 1. The van der Waals surface area contributed by atoms with Gasteiger partial charge in [-0.15, -0.1) is 0 Å². The second kappa shape index (κ2) is 5.72. The van der Waals surface area contributed by atoms with Crippen LogP contribution < -0.4 is 15.8 Å². The van der Waals surface area contributed by atoms with Crippen LogP contribution in [0.3, 0.4) is 0 Å². The molecule has 0 saturated heterocycles. The number of rotatable bonds is 6. The molecule has 0 heterocycles. The molecular weight excluding hydrogens is 224 g/mol. The number of nitrogens with one attached hydrogen (secondary N) is 1. The van der Waals surface area contributed by atoms with E-state index in [9.17, 15) is 0 Å². The van der Waals surface area contributed by atoms with E-state index in [-0.39, 0.29) is 6.04 Å². The highest BCUT2D eigenvalue weighted by Crippen LogP contribution is 2.28. The van der Waals surface area contributed by atoms with Crippen molar-refractivity contribution in [1.29, 1.82) is 0 Å². The van der Waals surface area contributed by atoms with Crippen molar-refractivity contribution in [2.75, 3.05) is 13.7 Å². The van der Waals surface area contributed by atoms with Gasteiger partial charge in [0.15, 0.2) is 0 Å². The van der Waals surface area contributed by atoms with E-state index in [0.29, 0.717) is 12.0 Å². The van der Waals surface area contributed by atoms with Gasteiger partial charge in [-0.3, -0.25) is 0 Å². The van der Waals surface area contributed by atoms with E-state index in [1.807, 2.05) is 0 Å². The Morgan fingerprint density at radius 2 is 2.11 bits per heavy atom. The second-order valence-electron chi connectivity index (χ2n) is 5.45. The van der Waals surface area contributed by atoms with E-state index in [2.05, 4.69) is 37.4 Å². The van der Waals surface area contributed by atoms with Crippen LogP contribution in [-0.4, -0.2) is 19.7 Å². The molecule has 3 N–H and O–H groups in total. The van der Waals surface area contributed by atoms with Crippen molar-refractivity contribution in [2.24, 2.45) is 5.73 Å². The lowest BCUT2D eigenvalue weighted by Crippen LogP contribution is -2.28. The molecule has 1 aromatic carbocycles. The average Bonchev–Trinajstić information content (AvgIpc) is 3.19. The molecule has 0 radical (unpaired) electrons. The van der Waals surface area contributed by atoms with Gasteiger partial charge in [0.2, 0.25) is 0 Å². The molecule has 1 saturated carbocycles. The quantitative estimate of drug-likeness (QED) is 0.813. The Morgan fingerprint density at radius 3 is 2.67 bits per heavy atom. The molecule has 2 rings (SSSR count). The van der Waals surface area contributed by atoms with Crippen LogP contribution in [-0.2, 0) is 0 Å². The number of hydrogen-bond donors (Lipinski definition) is 2. The van der Waals surface area contributed by atoms with E-state index in [4.69, 9.17) is 10.5 Å². The van der Waals surface area contributed by atoms with E-state index < -0.39 is 0 Å². The van der Waals surface area contributed by atoms with Crippen molar-refractivity contribution in [2.45, 2.75) is 44.7 Å². The molecule has 1 atom stereocenters. The van der Waals surface area contributed by atoms with Gasteiger partial charge in [0.25, 0.3) is 0 Å². The lowest BCUT2D eigenvalue weighted by Gasteiger charge is -2.18. The normalized spacial score (nSPS) is 16.9. The summed E-state index contributed by atoms with van der Waals surface area (Å²) in [6.45, 7) is 5.19. The monoisotopic (exact) mass is 248 g/mol. The van der Waals surface area contributed by atoms with Gasteiger partial charge in [0.05, 0.1) is 7.11 Å². The molecule has 1 aliphatic rings. The number of hydrogen-bond acceptors (Lipinski definition) is 3. The molecule has 100 valence electrons. The highest BCUT2D eigenvalue weighted by Gasteiger charge is 2.22. The summed E-state index contributed by atoms with van der Waals surface area (Å²) in [5.41, 5.74) is 8.61. The Balaban J connectivity index is 2.09. The Labute approximate surface area is 110 Å². The molecule has 0 aliphatic heterocycles. The summed E-state index contributed by atoms with van der Waals surface area (Å²) >= 11 is 0. The summed E-state index contributed by atoms with van der Waals surface area (Å²) < 4.78 is 5.47. The van der Waals surface area contributed by atoms with Crippen molar-refractivity contribution >= 4 is 0 Å². The van der Waals surface area contributed by atoms with Crippen molar-refractivity contribution in [1.82, 2.24) is 5.32 Å². The Bertz CT molecular complexity index is 399. The number of methoxy groups -OCH3 is 1. The molecular formula is C15H24N2O. The maximum absolute atomic E-state index is 6.23. The minimum Gasteiger partial charge on any atom is -0.496 e. The minimum absolute atomic E-state index is 0.00163. The van der Waals surface area contributed by atoms with Crippen molar-refractivity contribution in [3.63, 3.8) is 0 Å². The summed E-state index contributed by atoms with van der Waals surface area (Å²) in [6.07, 6.45) is 2.58. The van der Waals surface area contributed by atoms with Crippen LogP contribution in [0.1, 0.15) is 49.8 Å². The molecule has 0 spiro atoms. The Morgan fingerprint density at radius 1 is 1.39 bits per heavy atom. The predicted molar refractivity (Wildman–Crippen MR) is 75.0 cm³/mol. The first kappa shape index (κ1) is 13.4. The van der Waals surface area contributed by atoms with Crippen LogP contribution in [0.25, 0.3) is 0 Å². The van der Waals surface area contributed by atoms with Gasteiger partial charge in [-0.1, -0.05) is 26.0 Å². The van der Waals surface area contributed by atoms with Crippen LogP contribution >= 0.6 is 0 Å². The number of ether oxygens (including phenoxy) is 1. The van der Waals surface area contributed by atoms with Crippen LogP contribution in [0.2, 0.25) is 0 Å². The van der Waals surface area contributed by atoms with Crippen LogP contribution in [0.5, 0.6) is 5.75 Å². The zero-order valence-electron chi connectivity index (χ0n) is 11.6. The Hall–Kier alpha value is -1.06. The lowest BCUT2D eigenvalue weighted by atomic mass is 9.98. The zero-order valence-corrected chi connectivity index (χ0v) is 11.6. The smallest absolute Gasteiger partial charge is 0.123 e. The second-order valence-corrected chi connectivity index (χ2v) is 5.45. The number of benzene rings is 1. The van der Waals surface area contributed by atoms with Gasteiger partial charge >= 0.3 is 0 Å². The third kappa shape index (κ3) is 3.24. The first-order valence-electron chi connectivity index (χ1n) is 6.78. The van der Waals surface area contributed by atoms with E-state index in [1.165, 1.54) is 18.4 Å². The van der Waals surface area contributed by atoms with Crippen molar-refractivity contribution in [3.8, 4) is 5.75 Å². The highest BCUT2D eigenvalue weighted by molar-refractivity contribution is 5.40. The van der Waals surface area contributed by atoms with Gasteiger partial charge < -0.3 is 15.8 Å². The largest absolute Gasteiger partial charge is 0.496 e. The predicted octanol–water partition coefficient (Wildman–Crippen LogP) is 2.57. The summed E-state index contributed by atoms with van der Waals surface area (Å²) in [5, 5.41) is 3.46. The summed E-state index contributed by atoms with van der Waals surface area (Å²) in [7, 11) is 1.71. The fourth-order valence-electron chi connectivity index (χ4n) is 2.08. The fraction of sp³-hybridized carbons (Fsp3) is 0.600. The molecule has 3 heteroatoms. The summed E-state index contributed by atoms with van der Waals surface area (Å²) in [6, 6.07) is 7.06. The third-order valence-corrected chi connectivity index (χ3v) is 3.53. The van der Waals surface area contributed by atoms with Gasteiger partial charge in [0, 0.05) is 24.2 Å². The first-order valence-corrected chi connectivity index (χ1v) is 6.78. The molecule has 3 nitrogen and oxygen atoms in total. The SMILES string of the molecule is COc1cc(C(C)C)ccc1C(N)CNC1CC1. The molecule has 18 heavy (non-hydrogen) atoms. The van der Waals surface area contributed by atoms with E-state index in [1.54, 1.807) is 7.11 Å². The molecule has 1 aromatic rings. The molecule has 0 amide bonds. The first-order chi connectivity index (χ1) is 8.61. The van der Waals surface area contributed by atoms with E-state index in [0.717, 1.165) is 17.9 Å². The van der Waals surface area contributed by atoms with Gasteiger partial charge in [-0.05, 0) is 30.4 Å². The zero-order chi connectivity index (χ0) is 13.1. The van der Waals surface area contributed by atoms with Gasteiger partial charge in [-0.25, -0.2) is 0 Å². The average molecular weight is 248 g/mol. The highest BCUT2D eigenvalue weighted by atomic mass is 16.5. The molecule has 1 unspecified atom stereocenters. The summed E-state index contributed by atoms with van der Waals surface area (Å²) in [4.78, 5) is 0. The van der Waals surface area contributed by atoms with Crippen molar-refractivity contribution in [3.05, 3.63) is 29.3 Å². The molecule has 1 fully saturated rings. The maximum Gasteiger partial charge on any atom is 0.123 e. The summed E-state index contributed by atoms with van der Waals surface area (Å²) in [5.74, 6) is 1.42. The fourth-order valence-corrected chi connectivity index (χ4v) is 2.08. The van der Waals surface area contributed by atoms with Crippen LogP contribution in [0, 0.1) is 0 Å². The van der Waals surface area contributed by atoms with E-state index >= 15 is 0 Å².